The molecule has 4 rings (SSSR count). The first-order valence-electron chi connectivity index (χ1n) is 8.08. The molecule has 1 aliphatic carbocycles. The van der Waals surface area contributed by atoms with E-state index in [2.05, 4.69) is 6.07 Å². The summed E-state index contributed by atoms with van der Waals surface area (Å²) in [5.41, 5.74) is 6.18. The number of nitro groups is 1. The molecule has 1 aromatic heterocycles. The summed E-state index contributed by atoms with van der Waals surface area (Å²) in [4.78, 5) is 10.5. The lowest BCUT2D eigenvalue weighted by Gasteiger charge is -2.17. The Labute approximate surface area is 144 Å². The monoisotopic (exact) mass is 335 g/mol. The number of nitro benzene ring substituents is 1. The largest absolute Gasteiger partial charge is 0.496 e. The van der Waals surface area contributed by atoms with Gasteiger partial charge in [0.15, 0.2) is 0 Å². The molecule has 0 aliphatic heterocycles. The predicted octanol–water partition coefficient (Wildman–Crippen LogP) is 3.86. The molecule has 0 fully saturated rings. The van der Waals surface area contributed by atoms with Crippen LogP contribution in [-0.4, -0.2) is 21.8 Å². The van der Waals surface area contributed by atoms with Crippen molar-refractivity contribution in [2.45, 2.75) is 19.8 Å². The molecule has 0 spiro atoms. The lowest BCUT2D eigenvalue weighted by molar-refractivity contribution is -0.384. The number of hydrogen-bond donors (Lipinski definition) is 0. The zero-order valence-electron chi connectivity index (χ0n) is 14.0. The van der Waals surface area contributed by atoms with Crippen LogP contribution in [0, 0.1) is 17.0 Å². The third-order valence-electron chi connectivity index (χ3n) is 4.68. The van der Waals surface area contributed by atoms with E-state index in [1.807, 2.05) is 29.9 Å². The van der Waals surface area contributed by atoms with Gasteiger partial charge in [0.25, 0.3) is 5.69 Å². The molecule has 6 heteroatoms. The second-order valence-corrected chi connectivity index (χ2v) is 6.16. The van der Waals surface area contributed by atoms with Gasteiger partial charge in [-0.3, -0.25) is 10.1 Å². The molecule has 0 saturated heterocycles. The van der Waals surface area contributed by atoms with E-state index < -0.39 is 0 Å². The van der Waals surface area contributed by atoms with Crippen molar-refractivity contribution in [3.63, 3.8) is 0 Å². The fourth-order valence-electron chi connectivity index (χ4n) is 3.45. The van der Waals surface area contributed by atoms with Gasteiger partial charge >= 0.3 is 0 Å². The van der Waals surface area contributed by atoms with Crippen LogP contribution in [0.15, 0.2) is 42.6 Å². The lowest BCUT2D eigenvalue weighted by Crippen LogP contribution is -2.04. The number of fused-ring (bicyclic) bond motifs is 3. The number of methoxy groups -OCH3 is 1. The third-order valence-corrected chi connectivity index (χ3v) is 4.68. The van der Waals surface area contributed by atoms with Crippen LogP contribution in [0.3, 0.4) is 0 Å². The highest BCUT2D eigenvalue weighted by molar-refractivity contribution is 5.72. The van der Waals surface area contributed by atoms with Gasteiger partial charge in [0.1, 0.15) is 5.75 Å². The Bertz CT molecular complexity index is 992. The molecule has 3 aromatic rings. The van der Waals surface area contributed by atoms with Gasteiger partial charge in [-0.25, -0.2) is 4.68 Å². The Hall–Kier alpha value is -3.15. The van der Waals surface area contributed by atoms with E-state index >= 15 is 0 Å². The van der Waals surface area contributed by atoms with Crippen molar-refractivity contribution in [1.82, 2.24) is 9.78 Å². The number of ether oxygens (including phenoxy) is 1. The molecular weight excluding hydrogens is 318 g/mol. The quantitative estimate of drug-likeness (QED) is 0.538. The second-order valence-electron chi connectivity index (χ2n) is 6.16. The number of nitrogens with zero attached hydrogens (tertiary/aromatic N) is 3. The molecule has 0 unspecified atom stereocenters. The van der Waals surface area contributed by atoms with Crippen molar-refractivity contribution in [2.75, 3.05) is 7.11 Å². The molecule has 0 amide bonds. The number of rotatable bonds is 3. The minimum Gasteiger partial charge on any atom is -0.496 e. The molecule has 0 saturated carbocycles. The van der Waals surface area contributed by atoms with E-state index in [4.69, 9.17) is 9.84 Å². The van der Waals surface area contributed by atoms with Crippen molar-refractivity contribution in [3.8, 4) is 22.7 Å². The predicted molar refractivity (Wildman–Crippen MR) is 94.4 cm³/mol. The van der Waals surface area contributed by atoms with Gasteiger partial charge in [-0.05, 0) is 43.0 Å². The number of aromatic nitrogens is 2. The van der Waals surface area contributed by atoms with Gasteiger partial charge in [0.05, 0.1) is 23.4 Å². The summed E-state index contributed by atoms with van der Waals surface area (Å²) in [6.45, 7) is 1.86. The Morgan fingerprint density at radius 1 is 1.24 bits per heavy atom. The molecule has 0 bridgehead atoms. The van der Waals surface area contributed by atoms with E-state index in [1.165, 1.54) is 17.2 Å². The Kier molecular flexibility index (Phi) is 3.53. The van der Waals surface area contributed by atoms with Crippen molar-refractivity contribution < 1.29 is 9.66 Å². The zero-order valence-corrected chi connectivity index (χ0v) is 14.0. The summed E-state index contributed by atoms with van der Waals surface area (Å²) in [6.07, 6.45) is 3.83. The highest BCUT2D eigenvalue weighted by atomic mass is 16.6. The topological polar surface area (TPSA) is 70.2 Å². The van der Waals surface area contributed by atoms with Crippen molar-refractivity contribution in [3.05, 3.63) is 69.4 Å². The maximum Gasteiger partial charge on any atom is 0.269 e. The summed E-state index contributed by atoms with van der Waals surface area (Å²) in [6, 6.07) is 10.9. The molecule has 0 atom stereocenters. The van der Waals surface area contributed by atoms with Crippen molar-refractivity contribution >= 4 is 5.69 Å². The van der Waals surface area contributed by atoms with Gasteiger partial charge in [-0.1, -0.05) is 12.1 Å². The minimum absolute atomic E-state index is 0.0910. The fourth-order valence-corrected chi connectivity index (χ4v) is 3.45. The molecule has 2 aromatic carbocycles. The molecule has 1 heterocycles. The minimum atomic E-state index is -0.382. The van der Waals surface area contributed by atoms with E-state index in [9.17, 15) is 10.1 Å². The van der Waals surface area contributed by atoms with Gasteiger partial charge in [-0.2, -0.15) is 5.10 Å². The highest BCUT2D eigenvalue weighted by Gasteiger charge is 2.23. The van der Waals surface area contributed by atoms with Gasteiger partial charge in [0.2, 0.25) is 0 Å². The van der Waals surface area contributed by atoms with Gasteiger partial charge in [0, 0.05) is 29.5 Å². The second kappa shape index (κ2) is 5.73. The van der Waals surface area contributed by atoms with E-state index in [0.717, 1.165) is 41.1 Å². The Balaban J connectivity index is 1.81. The summed E-state index contributed by atoms with van der Waals surface area (Å²) < 4.78 is 7.29. The highest BCUT2D eigenvalue weighted by Crippen LogP contribution is 2.37. The molecule has 25 heavy (non-hydrogen) atoms. The maximum absolute atomic E-state index is 10.9. The van der Waals surface area contributed by atoms with Gasteiger partial charge in [-0.15, -0.1) is 0 Å². The van der Waals surface area contributed by atoms with E-state index in [1.54, 1.807) is 19.2 Å². The average molecular weight is 335 g/mol. The molecular formula is C19H17N3O3. The van der Waals surface area contributed by atoms with Crippen LogP contribution in [0.4, 0.5) is 5.69 Å². The average Bonchev–Trinajstić information content (AvgIpc) is 3.05. The van der Waals surface area contributed by atoms with E-state index in [0.29, 0.717) is 0 Å². The van der Waals surface area contributed by atoms with Crippen LogP contribution in [0.25, 0.3) is 16.9 Å². The number of non-ortho nitro benzene ring substituents is 1. The van der Waals surface area contributed by atoms with Crippen LogP contribution in [0.2, 0.25) is 0 Å². The number of benzene rings is 2. The fraction of sp³-hybridized carbons (Fsp3) is 0.211. The molecule has 1 aliphatic rings. The molecule has 0 N–H and O–H groups in total. The smallest absolute Gasteiger partial charge is 0.269 e. The third kappa shape index (κ3) is 2.46. The van der Waals surface area contributed by atoms with Crippen LogP contribution < -0.4 is 4.74 Å². The Morgan fingerprint density at radius 3 is 2.80 bits per heavy atom. The SMILES string of the molecule is COc1cccc2c1CCc1cn(-c3ccc([N+](=O)[O-])cc3C)nc1-2. The van der Waals surface area contributed by atoms with Crippen LogP contribution >= 0.6 is 0 Å². The Morgan fingerprint density at radius 2 is 2.08 bits per heavy atom. The lowest BCUT2D eigenvalue weighted by atomic mass is 9.90. The number of aryl methyl sites for hydroxylation is 2. The standard InChI is InChI=1S/C19H17N3O3/c1-12-10-14(22(23)24)7-9-17(12)21-11-13-6-8-15-16(19(13)20-21)4-3-5-18(15)25-2/h3-5,7,9-11H,6,8H2,1-2H3. The molecule has 126 valence electrons. The summed E-state index contributed by atoms with van der Waals surface area (Å²) in [5.74, 6) is 0.893. The van der Waals surface area contributed by atoms with Crippen LogP contribution in [-0.2, 0) is 12.8 Å². The van der Waals surface area contributed by atoms with E-state index in [-0.39, 0.29) is 10.6 Å². The first-order chi connectivity index (χ1) is 12.1. The van der Waals surface area contributed by atoms with Crippen LogP contribution in [0.5, 0.6) is 5.75 Å². The summed E-state index contributed by atoms with van der Waals surface area (Å²) in [7, 11) is 1.68. The summed E-state index contributed by atoms with van der Waals surface area (Å²) >= 11 is 0. The normalized spacial score (nSPS) is 12.4. The van der Waals surface area contributed by atoms with Crippen molar-refractivity contribution in [1.29, 1.82) is 0 Å². The zero-order chi connectivity index (χ0) is 17.6. The first-order valence-corrected chi connectivity index (χ1v) is 8.08. The van der Waals surface area contributed by atoms with Gasteiger partial charge < -0.3 is 4.74 Å². The summed E-state index contributed by atoms with van der Waals surface area (Å²) in [5, 5.41) is 15.7. The number of hydrogen-bond acceptors (Lipinski definition) is 4. The first kappa shape index (κ1) is 15.4. The molecule has 0 radical (unpaired) electrons. The van der Waals surface area contributed by atoms with Crippen LogP contribution in [0.1, 0.15) is 16.7 Å². The van der Waals surface area contributed by atoms with Crippen molar-refractivity contribution in [2.24, 2.45) is 0 Å². The maximum atomic E-state index is 10.9. The molecule has 6 nitrogen and oxygen atoms in total.